The Bertz CT molecular complexity index is 182. The molecule has 1 aliphatic rings. The minimum absolute atomic E-state index is 0.699. The van der Waals surface area contributed by atoms with E-state index in [0.29, 0.717) is 5.92 Å². The number of nitrogens with one attached hydrogen (secondary N) is 1. The molecule has 0 heterocycles. The van der Waals surface area contributed by atoms with Crippen LogP contribution >= 0.6 is 0 Å². The van der Waals surface area contributed by atoms with Crippen LogP contribution in [-0.4, -0.2) is 19.6 Å². The van der Waals surface area contributed by atoms with Crippen molar-refractivity contribution in [3.8, 4) is 0 Å². The zero-order valence-electron chi connectivity index (χ0n) is 7.72. The zero-order valence-corrected chi connectivity index (χ0v) is 7.72. The fraction of sp³-hybridized carbons (Fsp3) is 0.600. The lowest BCUT2D eigenvalue weighted by Gasteiger charge is -2.14. The van der Waals surface area contributed by atoms with Crippen molar-refractivity contribution in [3.05, 3.63) is 23.8 Å². The van der Waals surface area contributed by atoms with Crippen LogP contribution in [0.25, 0.3) is 0 Å². The van der Waals surface area contributed by atoms with Crippen LogP contribution < -0.4 is 11.1 Å². The number of rotatable bonds is 4. The second-order valence-corrected chi connectivity index (χ2v) is 3.36. The molecule has 2 nitrogen and oxygen atoms in total. The van der Waals surface area contributed by atoms with Crippen LogP contribution in [0.5, 0.6) is 0 Å². The predicted molar refractivity (Wildman–Crippen MR) is 52.9 cm³/mol. The Morgan fingerprint density at radius 2 is 2.50 bits per heavy atom. The van der Waals surface area contributed by atoms with E-state index < -0.39 is 0 Å². The van der Waals surface area contributed by atoms with Crippen LogP contribution in [0.3, 0.4) is 0 Å². The van der Waals surface area contributed by atoms with Gasteiger partial charge in [-0.2, -0.15) is 0 Å². The highest BCUT2D eigenvalue weighted by Crippen LogP contribution is 2.16. The van der Waals surface area contributed by atoms with Gasteiger partial charge in [0.1, 0.15) is 0 Å². The summed E-state index contributed by atoms with van der Waals surface area (Å²) < 4.78 is 0. The second-order valence-electron chi connectivity index (χ2n) is 3.36. The molecule has 2 heteroatoms. The van der Waals surface area contributed by atoms with Gasteiger partial charge in [0.05, 0.1) is 0 Å². The lowest BCUT2D eigenvalue weighted by atomic mass is 9.96. The molecule has 0 fully saturated rings. The maximum atomic E-state index is 5.38. The fourth-order valence-corrected chi connectivity index (χ4v) is 1.41. The minimum atomic E-state index is 0.699. The molecule has 1 aliphatic carbocycles. The van der Waals surface area contributed by atoms with Crippen molar-refractivity contribution in [2.24, 2.45) is 11.7 Å². The Morgan fingerprint density at radius 1 is 1.67 bits per heavy atom. The molecule has 12 heavy (non-hydrogen) atoms. The van der Waals surface area contributed by atoms with Crippen LogP contribution in [0, 0.1) is 5.92 Å². The van der Waals surface area contributed by atoms with Crippen molar-refractivity contribution < 1.29 is 0 Å². The monoisotopic (exact) mass is 166 g/mol. The van der Waals surface area contributed by atoms with Crippen LogP contribution in [0.4, 0.5) is 0 Å². The molecule has 1 rings (SSSR count). The SMILES string of the molecule is CC1C=CC=C(CNCCN)C1. The Labute approximate surface area is 74.5 Å². The first kappa shape index (κ1) is 9.49. The average Bonchev–Trinajstić information content (AvgIpc) is 2.05. The maximum Gasteiger partial charge on any atom is 0.0168 e. The molecule has 1 atom stereocenters. The van der Waals surface area contributed by atoms with E-state index in [1.54, 1.807) is 0 Å². The highest BCUT2D eigenvalue weighted by molar-refractivity contribution is 5.20. The van der Waals surface area contributed by atoms with E-state index in [0.717, 1.165) is 19.6 Å². The number of nitrogens with two attached hydrogens (primary N) is 1. The van der Waals surface area contributed by atoms with Crippen LogP contribution in [0.15, 0.2) is 23.8 Å². The molecule has 0 aromatic heterocycles. The maximum absolute atomic E-state index is 5.38. The van der Waals surface area contributed by atoms with Crippen molar-refractivity contribution in [1.29, 1.82) is 0 Å². The van der Waals surface area contributed by atoms with Gasteiger partial charge < -0.3 is 11.1 Å². The average molecular weight is 166 g/mol. The molecule has 0 saturated heterocycles. The molecule has 0 radical (unpaired) electrons. The van der Waals surface area contributed by atoms with Gasteiger partial charge in [-0.3, -0.25) is 0 Å². The molecule has 1 unspecified atom stereocenters. The largest absolute Gasteiger partial charge is 0.329 e. The van der Waals surface area contributed by atoms with Crippen molar-refractivity contribution in [3.63, 3.8) is 0 Å². The third-order valence-corrected chi connectivity index (χ3v) is 2.03. The van der Waals surface area contributed by atoms with Gasteiger partial charge in [0.15, 0.2) is 0 Å². The summed E-state index contributed by atoms with van der Waals surface area (Å²) in [4.78, 5) is 0. The smallest absolute Gasteiger partial charge is 0.0168 e. The van der Waals surface area contributed by atoms with E-state index >= 15 is 0 Å². The Morgan fingerprint density at radius 3 is 3.17 bits per heavy atom. The lowest BCUT2D eigenvalue weighted by molar-refractivity contribution is 0.653. The van der Waals surface area contributed by atoms with Gasteiger partial charge in [0.2, 0.25) is 0 Å². The van der Waals surface area contributed by atoms with Crippen molar-refractivity contribution >= 4 is 0 Å². The molecule has 3 N–H and O–H groups in total. The van der Waals surface area contributed by atoms with Gasteiger partial charge in [-0.25, -0.2) is 0 Å². The second kappa shape index (κ2) is 5.12. The number of allylic oxidation sites excluding steroid dienone is 3. The van der Waals surface area contributed by atoms with E-state index in [4.69, 9.17) is 5.73 Å². The first-order valence-corrected chi connectivity index (χ1v) is 4.60. The lowest BCUT2D eigenvalue weighted by Crippen LogP contribution is -2.25. The standard InChI is InChI=1S/C10H18N2/c1-9-3-2-4-10(7-9)8-12-6-5-11/h2-4,9,12H,5-8,11H2,1H3. The third-order valence-electron chi connectivity index (χ3n) is 2.03. The normalized spacial score (nSPS) is 22.5. The predicted octanol–water partition coefficient (Wildman–Crippen LogP) is 1.06. The third kappa shape index (κ3) is 3.20. The molecule has 0 bridgehead atoms. The molecule has 0 aromatic rings. The Kier molecular flexibility index (Phi) is 4.05. The summed E-state index contributed by atoms with van der Waals surface area (Å²) in [5.41, 5.74) is 6.86. The summed E-state index contributed by atoms with van der Waals surface area (Å²) in [6.07, 6.45) is 7.78. The molecule has 0 aromatic carbocycles. The quantitative estimate of drug-likeness (QED) is 0.613. The first-order valence-electron chi connectivity index (χ1n) is 4.60. The number of hydrogen-bond acceptors (Lipinski definition) is 2. The summed E-state index contributed by atoms with van der Waals surface area (Å²) in [6, 6.07) is 0. The van der Waals surface area contributed by atoms with Gasteiger partial charge in [-0.15, -0.1) is 0 Å². The Hall–Kier alpha value is -0.600. The van der Waals surface area contributed by atoms with Gasteiger partial charge in [-0.05, 0) is 12.3 Å². The van der Waals surface area contributed by atoms with Crippen LogP contribution in [0.2, 0.25) is 0 Å². The van der Waals surface area contributed by atoms with E-state index in [-0.39, 0.29) is 0 Å². The fourth-order valence-electron chi connectivity index (χ4n) is 1.41. The first-order chi connectivity index (χ1) is 5.83. The van der Waals surface area contributed by atoms with Gasteiger partial charge >= 0.3 is 0 Å². The van der Waals surface area contributed by atoms with Gasteiger partial charge in [0.25, 0.3) is 0 Å². The summed E-state index contributed by atoms with van der Waals surface area (Å²) in [5.74, 6) is 0.699. The summed E-state index contributed by atoms with van der Waals surface area (Å²) >= 11 is 0. The van der Waals surface area contributed by atoms with Crippen molar-refractivity contribution in [2.45, 2.75) is 13.3 Å². The van der Waals surface area contributed by atoms with E-state index in [9.17, 15) is 0 Å². The van der Waals surface area contributed by atoms with Crippen LogP contribution in [0.1, 0.15) is 13.3 Å². The Balaban J connectivity index is 2.23. The molecular formula is C10H18N2. The van der Waals surface area contributed by atoms with E-state index in [1.165, 1.54) is 12.0 Å². The highest BCUT2D eigenvalue weighted by Gasteiger charge is 2.05. The molecule has 0 amide bonds. The summed E-state index contributed by atoms with van der Waals surface area (Å²) in [7, 11) is 0. The minimum Gasteiger partial charge on any atom is -0.329 e. The molecule has 0 saturated carbocycles. The highest BCUT2D eigenvalue weighted by atomic mass is 14.9. The zero-order chi connectivity index (χ0) is 8.81. The van der Waals surface area contributed by atoms with Gasteiger partial charge in [0, 0.05) is 19.6 Å². The molecule has 68 valence electrons. The van der Waals surface area contributed by atoms with Crippen molar-refractivity contribution in [1.82, 2.24) is 5.32 Å². The molecule has 0 aliphatic heterocycles. The topological polar surface area (TPSA) is 38.0 Å². The molecule has 0 spiro atoms. The van der Waals surface area contributed by atoms with Gasteiger partial charge in [-0.1, -0.05) is 30.7 Å². The van der Waals surface area contributed by atoms with Crippen LogP contribution in [-0.2, 0) is 0 Å². The number of hydrogen-bond donors (Lipinski definition) is 2. The summed E-state index contributed by atoms with van der Waals surface area (Å²) in [5, 5.41) is 3.30. The van der Waals surface area contributed by atoms with E-state index in [2.05, 4.69) is 30.5 Å². The summed E-state index contributed by atoms with van der Waals surface area (Å²) in [6.45, 7) is 4.87. The van der Waals surface area contributed by atoms with E-state index in [1.807, 2.05) is 0 Å². The molecular weight excluding hydrogens is 148 g/mol. The van der Waals surface area contributed by atoms with Crippen molar-refractivity contribution in [2.75, 3.05) is 19.6 Å².